The number of hydrogen-bond acceptors (Lipinski definition) is 7. The van der Waals surface area contributed by atoms with E-state index in [0.717, 1.165) is 25.8 Å². The van der Waals surface area contributed by atoms with Gasteiger partial charge in [0, 0.05) is 13.1 Å². The van der Waals surface area contributed by atoms with Crippen LogP contribution < -0.4 is 11.1 Å². The van der Waals surface area contributed by atoms with Gasteiger partial charge in [0.05, 0.1) is 37.9 Å². The van der Waals surface area contributed by atoms with E-state index in [0.29, 0.717) is 25.6 Å². The Morgan fingerprint density at radius 3 is 2.55 bits per heavy atom. The highest BCUT2D eigenvalue weighted by molar-refractivity contribution is 5.71. The lowest BCUT2D eigenvalue weighted by atomic mass is 9.73. The molecule has 168 valence electrons. The highest BCUT2D eigenvalue weighted by Crippen LogP contribution is 2.39. The maximum absolute atomic E-state index is 12.8. The van der Waals surface area contributed by atoms with Crippen molar-refractivity contribution in [2.45, 2.75) is 64.3 Å². The fourth-order valence-corrected chi connectivity index (χ4v) is 4.79. The molecule has 2 aliphatic rings. The fraction of sp³-hybridized carbons (Fsp3) is 0.900. The lowest BCUT2D eigenvalue weighted by Gasteiger charge is -2.53. The summed E-state index contributed by atoms with van der Waals surface area (Å²) < 4.78 is 10.5. The Labute approximate surface area is 173 Å². The number of ether oxygens (including phenoxy) is 2. The SMILES string of the molecule is COC(=O)N1C2CCC(C(CN)CNCCO)CC2N(C(=O)OC(C)C)C[C@@H]1C. The maximum atomic E-state index is 12.8. The van der Waals surface area contributed by atoms with E-state index in [1.165, 1.54) is 7.11 Å². The monoisotopic (exact) mass is 414 g/mol. The Morgan fingerprint density at radius 1 is 1.24 bits per heavy atom. The highest BCUT2D eigenvalue weighted by Gasteiger charge is 2.48. The summed E-state index contributed by atoms with van der Waals surface area (Å²) in [5.74, 6) is 0.575. The van der Waals surface area contributed by atoms with Crippen LogP contribution in [-0.2, 0) is 9.47 Å². The predicted octanol–water partition coefficient (Wildman–Crippen LogP) is 0.998. The molecular formula is C20H38N4O5. The van der Waals surface area contributed by atoms with Crippen LogP contribution in [0.1, 0.15) is 40.0 Å². The first-order chi connectivity index (χ1) is 13.8. The van der Waals surface area contributed by atoms with E-state index in [-0.39, 0.29) is 48.9 Å². The molecule has 5 atom stereocenters. The van der Waals surface area contributed by atoms with Gasteiger partial charge >= 0.3 is 12.2 Å². The summed E-state index contributed by atoms with van der Waals surface area (Å²) in [6, 6.07) is -0.357. The molecule has 1 saturated heterocycles. The van der Waals surface area contributed by atoms with Crippen LogP contribution >= 0.6 is 0 Å². The van der Waals surface area contributed by atoms with Crippen LogP contribution in [0.3, 0.4) is 0 Å². The van der Waals surface area contributed by atoms with Crippen LogP contribution in [0.25, 0.3) is 0 Å². The van der Waals surface area contributed by atoms with Gasteiger partial charge in [0.25, 0.3) is 0 Å². The molecule has 1 saturated carbocycles. The lowest BCUT2D eigenvalue weighted by Crippen LogP contribution is -2.67. The Balaban J connectivity index is 2.21. The van der Waals surface area contributed by atoms with Crippen LogP contribution in [0.5, 0.6) is 0 Å². The number of aliphatic hydroxyl groups is 1. The largest absolute Gasteiger partial charge is 0.453 e. The minimum absolute atomic E-state index is 0.0907. The minimum atomic E-state index is -0.345. The van der Waals surface area contributed by atoms with Crippen LogP contribution in [0, 0.1) is 11.8 Å². The van der Waals surface area contributed by atoms with Gasteiger partial charge in [0.2, 0.25) is 0 Å². The molecule has 0 radical (unpaired) electrons. The zero-order valence-corrected chi connectivity index (χ0v) is 18.2. The Hall–Kier alpha value is -1.58. The number of carbonyl (C=O) groups excluding carboxylic acids is 2. The molecule has 1 heterocycles. The third-order valence-corrected chi connectivity index (χ3v) is 6.14. The second-order valence-electron chi connectivity index (χ2n) is 8.44. The first kappa shape index (κ1) is 23.7. The molecule has 29 heavy (non-hydrogen) atoms. The Morgan fingerprint density at radius 2 is 1.97 bits per heavy atom. The van der Waals surface area contributed by atoms with Gasteiger partial charge in [0.1, 0.15) is 0 Å². The molecule has 4 N–H and O–H groups in total. The second-order valence-corrected chi connectivity index (χ2v) is 8.44. The zero-order valence-electron chi connectivity index (χ0n) is 18.2. The van der Waals surface area contributed by atoms with E-state index in [9.17, 15) is 9.59 Å². The molecule has 0 aromatic heterocycles. The average Bonchev–Trinajstić information content (AvgIpc) is 2.69. The molecule has 0 spiro atoms. The topological polar surface area (TPSA) is 117 Å². The van der Waals surface area contributed by atoms with Crippen molar-refractivity contribution in [3.63, 3.8) is 0 Å². The molecule has 2 amide bonds. The molecule has 4 unspecified atom stereocenters. The lowest BCUT2D eigenvalue weighted by molar-refractivity contribution is -0.0448. The van der Waals surface area contributed by atoms with Crippen LogP contribution in [-0.4, -0.2) is 91.2 Å². The summed E-state index contributed by atoms with van der Waals surface area (Å²) in [5, 5.41) is 12.3. The van der Waals surface area contributed by atoms with Crippen molar-refractivity contribution < 1.29 is 24.2 Å². The maximum Gasteiger partial charge on any atom is 0.410 e. The highest BCUT2D eigenvalue weighted by atomic mass is 16.6. The normalized spacial score (nSPS) is 28.1. The Kier molecular flexibility index (Phi) is 8.98. The minimum Gasteiger partial charge on any atom is -0.453 e. The number of nitrogens with zero attached hydrogens (tertiary/aromatic N) is 2. The van der Waals surface area contributed by atoms with Crippen molar-refractivity contribution in [3.05, 3.63) is 0 Å². The van der Waals surface area contributed by atoms with E-state index in [1.807, 2.05) is 20.8 Å². The van der Waals surface area contributed by atoms with Crippen molar-refractivity contribution in [2.75, 3.05) is 39.9 Å². The molecule has 0 bridgehead atoms. The molecule has 0 aromatic carbocycles. The smallest absolute Gasteiger partial charge is 0.410 e. The molecule has 2 rings (SSSR count). The van der Waals surface area contributed by atoms with Crippen molar-refractivity contribution in [3.8, 4) is 0 Å². The van der Waals surface area contributed by atoms with Crippen LogP contribution in [0.15, 0.2) is 0 Å². The number of piperazine rings is 1. The standard InChI is InChI=1S/C20H38N4O5/c1-13(2)29-19(26)23-12-14(3)24(20(27)28-4)17-6-5-15(9-18(17)23)16(10-21)11-22-7-8-25/h13-18,22,25H,5-12,21H2,1-4H3/t14-,15?,16?,17?,18?/m0/s1. The number of hydrogen-bond donors (Lipinski definition) is 3. The van der Waals surface area contributed by atoms with Gasteiger partial charge in [-0.25, -0.2) is 9.59 Å². The summed E-state index contributed by atoms with van der Waals surface area (Å²) in [6.07, 6.45) is 1.61. The van der Waals surface area contributed by atoms with E-state index in [2.05, 4.69) is 5.32 Å². The van der Waals surface area contributed by atoms with Gasteiger partial charge in [-0.05, 0) is 65.0 Å². The molecule has 1 aliphatic heterocycles. The van der Waals surface area contributed by atoms with Crippen molar-refractivity contribution in [2.24, 2.45) is 17.6 Å². The molecule has 1 aliphatic carbocycles. The Bertz CT molecular complexity index is 547. The summed E-state index contributed by atoms with van der Waals surface area (Å²) in [5.41, 5.74) is 6.04. The summed E-state index contributed by atoms with van der Waals surface area (Å²) in [6.45, 7) is 7.93. The predicted molar refractivity (Wildman–Crippen MR) is 109 cm³/mol. The van der Waals surface area contributed by atoms with Crippen LogP contribution in [0.2, 0.25) is 0 Å². The molecule has 0 aromatic rings. The number of nitrogens with two attached hydrogens (primary N) is 1. The number of carbonyl (C=O) groups is 2. The first-order valence-electron chi connectivity index (χ1n) is 10.7. The first-order valence-corrected chi connectivity index (χ1v) is 10.7. The van der Waals surface area contributed by atoms with E-state index in [4.69, 9.17) is 20.3 Å². The molecular weight excluding hydrogens is 376 g/mol. The van der Waals surface area contributed by atoms with Gasteiger partial charge in [0.15, 0.2) is 0 Å². The third-order valence-electron chi connectivity index (χ3n) is 6.14. The molecule has 9 heteroatoms. The van der Waals surface area contributed by atoms with Gasteiger partial charge in [-0.15, -0.1) is 0 Å². The number of amides is 2. The van der Waals surface area contributed by atoms with E-state index >= 15 is 0 Å². The van der Waals surface area contributed by atoms with Crippen molar-refractivity contribution in [1.82, 2.24) is 15.1 Å². The number of aliphatic hydroxyl groups excluding tert-OH is 1. The number of fused-ring (bicyclic) bond motifs is 1. The zero-order chi connectivity index (χ0) is 21.6. The van der Waals surface area contributed by atoms with Gasteiger partial charge in [-0.2, -0.15) is 0 Å². The summed E-state index contributed by atoms with van der Waals surface area (Å²) in [4.78, 5) is 28.9. The van der Waals surface area contributed by atoms with Gasteiger partial charge in [-0.3, -0.25) is 4.90 Å². The van der Waals surface area contributed by atoms with Crippen LogP contribution in [0.4, 0.5) is 9.59 Å². The van der Waals surface area contributed by atoms with E-state index < -0.39 is 0 Å². The summed E-state index contributed by atoms with van der Waals surface area (Å²) in [7, 11) is 1.40. The number of nitrogens with one attached hydrogen (secondary N) is 1. The third kappa shape index (κ3) is 5.73. The summed E-state index contributed by atoms with van der Waals surface area (Å²) >= 11 is 0. The molecule has 9 nitrogen and oxygen atoms in total. The number of methoxy groups -OCH3 is 1. The quantitative estimate of drug-likeness (QED) is 0.532. The number of rotatable bonds is 7. The average molecular weight is 415 g/mol. The van der Waals surface area contributed by atoms with Crippen molar-refractivity contribution >= 4 is 12.2 Å². The fourth-order valence-electron chi connectivity index (χ4n) is 4.79. The van der Waals surface area contributed by atoms with Crippen molar-refractivity contribution in [1.29, 1.82) is 0 Å². The van der Waals surface area contributed by atoms with E-state index in [1.54, 1.807) is 9.80 Å². The molecule has 2 fully saturated rings. The van der Waals surface area contributed by atoms with Gasteiger partial charge < -0.3 is 30.5 Å². The second kappa shape index (κ2) is 11.0. The van der Waals surface area contributed by atoms with Gasteiger partial charge in [-0.1, -0.05) is 0 Å².